The largest absolute Gasteiger partial charge is 0.436 e. The zero-order chi connectivity index (χ0) is 15.5. The molecule has 0 bridgehead atoms. The van der Waals surface area contributed by atoms with E-state index < -0.39 is 11.6 Å². The molecule has 3 aromatic rings. The number of oxazole rings is 1. The van der Waals surface area contributed by atoms with Crippen molar-refractivity contribution in [2.75, 3.05) is 0 Å². The highest BCUT2D eigenvalue weighted by molar-refractivity contribution is 5.76. The molecule has 0 radical (unpaired) electrons. The minimum atomic E-state index is -0.903. The van der Waals surface area contributed by atoms with E-state index in [9.17, 15) is 8.78 Å². The van der Waals surface area contributed by atoms with Gasteiger partial charge in [-0.1, -0.05) is 25.8 Å². The molecule has 2 aromatic carbocycles. The molecule has 0 saturated heterocycles. The van der Waals surface area contributed by atoms with Crippen molar-refractivity contribution in [2.45, 2.75) is 32.6 Å². The molecule has 0 fully saturated rings. The summed E-state index contributed by atoms with van der Waals surface area (Å²) in [5.41, 5.74) is 3.03. The van der Waals surface area contributed by atoms with Crippen LogP contribution >= 0.6 is 0 Å². The van der Waals surface area contributed by atoms with Crippen LogP contribution < -0.4 is 0 Å². The van der Waals surface area contributed by atoms with E-state index in [1.807, 2.05) is 18.2 Å². The Hall–Kier alpha value is -2.23. The monoisotopic (exact) mass is 301 g/mol. The van der Waals surface area contributed by atoms with Gasteiger partial charge < -0.3 is 4.42 Å². The Morgan fingerprint density at radius 3 is 2.64 bits per heavy atom. The molecule has 1 heterocycles. The maximum Gasteiger partial charge on any atom is 0.227 e. The predicted octanol–water partition coefficient (Wildman–Crippen LogP) is 5.51. The normalized spacial score (nSPS) is 11.2. The Bertz CT molecular complexity index is 795. The molecule has 22 heavy (non-hydrogen) atoms. The fraction of sp³-hybridized carbons (Fsp3) is 0.278. The van der Waals surface area contributed by atoms with Crippen molar-refractivity contribution >= 4 is 11.1 Å². The number of aromatic nitrogens is 1. The van der Waals surface area contributed by atoms with Crippen LogP contribution in [0.1, 0.15) is 31.7 Å². The quantitative estimate of drug-likeness (QED) is 0.581. The van der Waals surface area contributed by atoms with Crippen molar-refractivity contribution in [3.63, 3.8) is 0 Å². The number of halogens is 2. The van der Waals surface area contributed by atoms with Crippen LogP contribution in [0.3, 0.4) is 0 Å². The molecule has 0 aliphatic heterocycles. The first-order valence-corrected chi connectivity index (χ1v) is 7.52. The first-order valence-electron chi connectivity index (χ1n) is 7.52. The van der Waals surface area contributed by atoms with Crippen LogP contribution in [0.2, 0.25) is 0 Å². The third kappa shape index (κ3) is 3.01. The summed E-state index contributed by atoms with van der Waals surface area (Å²) in [4.78, 5) is 4.34. The van der Waals surface area contributed by atoms with Gasteiger partial charge in [0.2, 0.25) is 5.89 Å². The highest BCUT2D eigenvalue weighted by Gasteiger charge is 2.11. The lowest BCUT2D eigenvalue weighted by Crippen LogP contribution is -1.85. The Morgan fingerprint density at radius 2 is 1.86 bits per heavy atom. The van der Waals surface area contributed by atoms with E-state index in [1.54, 1.807) is 0 Å². The first-order chi connectivity index (χ1) is 10.7. The smallest absolute Gasteiger partial charge is 0.227 e. The molecule has 3 rings (SSSR count). The summed E-state index contributed by atoms with van der Waals surface area (Å²) < 4.78 is 32.0. The molecule has 1 aromatic heterocycles. The molecule has 0 spiro atoms. The highest BCUT2D eigenvalue weighted by atomic mass is 19.2. The molecule has 2 nitrogen and oxygen atoms in total. The number of unbranched alkanes of at least 4 members (excludes halogenated alkanes) is 2. The summed E-state index contributed by atoms with van der Waals surface area (Å²) in [7, 11) is 0. The average Bonchev–Trinajstić information content (AvgIpc) is 2.93. The number of fused-ring (bicyclic) bond motifs is 1. The summed E-state index contributed by atoms with van der Waals surface area (Å²) in [6.07, 6.45) is 4.54. The van der Waals surface area contributed by atoms with E-state index in [2.05, 4.69) is 11.9 Å². The molecule has 114 valence electrons. The zero-order valence-electron chi connectivity index (χ0n) is 12.4. The summed E-state index contributed by atoms with van der Waals surface area (Å²) >= 11 is 0. The molecule has 4 heteroatoms. The van der Waals surface area contributed by atoms with Crippen molar-refractivity contribution in [1.82, 2.24) is 4.98 Å². The molecular formula is C18H17F2NO. The number of hydrogen-bond donors (Lipinski definition) is 0. The van der Waals surface area contributed by atoms with E-state index >= 15 is 0 Å². The van der Waals surface area contributed by atoms with Crippen molar-refractivity contribution in [1.29, 1.82) is 0 Å². The van der Waals surface area contributed by atoms with Gasteiger partial charge in [-0.15, -0.1) is 0 Å². The summed E-state index contributed by atoms with van der Waals surface area (Å²) in [6.45, 7) is 2.17. The highest BCUT2D eigenvalue weighted by Crippen LogP contribution is 2.26. The lowest BCUT2D eigenvalue weighted by atomic mass is 10.1. The van der Waals surface area contributed by atoms with E-state index in [0.717, 1.165) is 30.5 Å². The number of aryl methyl sites for hydroxylation is 1. The molecule has 0 aliphatic carbocycles. The van der Waals surface area contributed by atoms with Crippen LogP contribution in [0.25, 0.3) is 22.6 Å². The van der Waals surface area contributed by atoms with Crippen molar-refractivity contribution in [2.24, 2.45) is 0 Å². The fourth-order valence-corrected chi connectivity index (χ4v) is 2.46. The second kappa shape index (κ2) is 6.26. The van der Waals surface area contributed by atoms with Crippen LogP contribution in [-0.4, -0.2) is 4.98 Å². The minimum Gasteiger partial charge on any atom is -0.436 e. The molecule has 0 amide bonds. The Balaban J connectivity index is 1.90. The van der Waals surface area contributed by atoms with Crippen molar-refractivity contribution in [3.8, 4) is 11.5 Å². The summed E-state index contributed by atoms with van der Waals surface area (Å²) in [5, 5.41) is 0. The lowest BCUT2D eigenvalue weighted by Gasteiger charge is -1.99. The first kappa shape index (κ1) is 14.7. The van der Waals surface area contributed by atoms with E-state index in [1.165, 1.54) is 24.5 Å². The molecule has 0 atom stereocenters. The van der Waals surface area contributed by atoms with E-state index in [-0.39, 0.29) is 0 Å². The van der Waals surface area contributed by atoms with Gasteiger partial charge >= 0.3 is 0 Å². The van der Waals surface area contributed by atoms with Crippen LogP contribution in [-0.2, 0) is 6.42 Å². The summed E-state index contributed by atoms with van der Waals surface area (Å²) in [5.74, 6) is -1.47. The number of hydrogen-bond acceptors (Lipinski definition) is 2. The van der Waals surface area contributed by atoms with Gasteiger partial charge in [0.25, 0.3) is 0 Å². The Kier molecular flexibility index (Phi) is 4.18. The molecule has 0 N–H and O–H groups in total. The lowest BCUT2D eigenvalue weighted by molar-refractivity contribution is 0.508. The van der Waals surface area contributed by atoms with E-state index in [0.29, 0.717) is 17.0 Å². The van der Waals surface area contributed by atoms with Crippen molar-refractivity contribution in [3.05, 3.63) is 53.6 Å². The van der Waals surface area contributed by atoms with Gasteiger partial charge in [0, 0.05) is 5.56 Å². The SMILES string of the molecule is CCCCCc1ccc2nc(-c3ccc(F)c(F)c3)oc2c1. The maximum absolute atomic E-state index is 13.3. The van der Waals surface area contributed by atoms with Crippen LogP contribution in [0.5, 0.6) is 0 Å². The van der Waals surface area contributed by atoms with Gasteiger partial charge in [0.05, 0.1) is 0 Å². The fourth-order valence-electron chi connectivity index (χ4n) is 2.46. The number of benzene rings is 2. The van der Waals surface area contributed by atoms with Gasteiger partial charge in [-0.05, 0) is 48.7 Å². The molecule has 0 saturated carbocycles. The topological polar surface area (TPSA) is 26.0 Å². The average molecular weight is 301 g/mol. The maximum atomic E-state index is 13.3. The van der Waals surface area contributed by atoms with Gasteiger partial charge in [-0.25, -0.2) is 13.8 Å². The van der Waals surface area contributed by atoms with E-state index in [4.69, 9.17) is 4.42 Å². The predicted molar refractivity (Wildman–Crippen MR) is 82.6 cm³/mol. The molecule has 0 unspecified atom stereocenters. The third-order valence-corrected chi connectivity index (χ3v) is 3.69. The molecular weight excluding hydrogens is 284 g/mol. The third-order valence-electron chi connectivity index (χ3n) is 3.69. The Morgan fingerprint density at radius 1 is 1.00 bits per heavy atom. The minimum absolute atomic E-state index is 0.305. The summed E-state index contributed by atoms with van der Waals surface area (Å²) in [6, 6.07) is 9.56. The van der Waals surface area contributed by atoms with Gasteiger partial charge in [0.15, 0.2) is 17.2 Å². The second-order valence-corrected chi connectivity index (χ2v) is 5.41. The van der Waals surface area contributed by atoms with Gasteiger partial charge in [-0.2, -0.15) is 0 Å². The molecule has 0 aliphatic rings. The number of rotatable bonds is 5. The second-order valence-electron chi connectivity index (χ2n) is 5.41. The van der Waals surface area contributed by atoms with Crippen LogP contribution in [0, 0.1) is 11.6 Å². The standard InChI is InChI=1S/C18H17F2NO/c1-2-3-4-5-12-6-9-16-17(10-12)22-18(21-16)13-7-8-14(19)15(20)11-13/h6-11H,2-5H2,1H3. The Labute approximate surface area is 127 Å². The van der Waals surface area contributed by atoms with Crippen molar-refractivity contribution < 1.29 is 13.2 Å². The van der Waals surface area contributed by atoms with Gasteiger partial charge in [-0.3, -0.25) is 0 Å². The zero-order valence-corrected chi connectivity index (χ0v) is 12.4. The van der Waals surface area contributed by atoms with Crippen LogP contribution in [0.4, 0.5) is 8.78 Å². The number of nitrogens with zero attached hydrogens (tertiary/aromatic N) is 1. The van der Waals surface area contributed by atoms with Crippen LogP contribution in [0.15, 0.2) is 40.8 Å². The van der Waals surface area contributed by atoms with Gasteiger partial charge in [0.1, 0.15) is 5.52 Å².